The maximum absolute atomic E-state index is 12.1. The van der Waals surface area contributed by atoms with Crippen LogP contribution in [-0.2, 0) is 16.6 Å². The van der Waals surface area contributed by atoms with E-state index in [-0.39, 0.29) is 11.4 Å². The quantitative estimate of drug-likeness (QED) is 0.887. The zero-order chi connectivity index (χ0) is 14.6. The van der Waals surface area contributed by atoms with Crippen LogP contribution in [0, 0.1) is 0 Å². The van der Waals surface area contributed by atoms with Crippen molar-refractivity contribution in [3.63, 3.8) is 0 Å². The minimum Gasteiger partial charge on any atom is -0.389 e. The van der Waals surface area contributed by atoms with Crippen LogP contribution in [0.5, 0.6) is 0 Å². The molecule has 0 aliphatic carbocycles. The molecule has 106 valence electrons. The molecule has 0 fully saturated rings. The topological polar surface area (TPSA) is 66.4 Å². The predicted molar refractivity (Wildman–Crippen MR) is 77.5 cm³/mol. The fourth-order valence-electron chi connectivity index (χ4n) is 1.78. The van der Waals surface area contributed by atoms with Gasteiger partial charge in [-0.25, -0.2) is 13.1 Å². The average molecular weight is 291 g/mol. The van der Waals surface area contributed by atoms with Gasteiger partial charge in [-0.1, -0.05) is 42.5 Å². The number of hydrogen-bond donors (Lipinski definition) is 2. The van der Waals surface area contributed by atoms with E-state index < -0.39 is 16.1 Å². The molecular formula is C15H17NO3S. The third kappa shape index (κ3) is 3.66. The van der Waals surface area contributed by atoms with Gasteiger partial charge in [0.15, 0.2) is 0 Å². The second kappa shape index (κ2) is 6.17. The number of hydrogen-bond acceptors (Lipinski definition) is 3. The number of nitrogens with one attached hydrogen (secondary N) is 1. The van der Waals surface area contributed by atoms with Crippen molar-refractivity contribution >= 4 is 10.0 Å². The van der Waals surface area contributed by atoms with Crippen LogP contribution in [0.25, 0.3) is 0 Å². The van der Waals surface area contributed by atoms with E-state index in [0.717, 1.165) is 5.56 Å². The van der Waals surface area contributed by atoms with E-state index in [2.05, 4.69) is 4.72 Å². The maximum Gasteiger partial charge on any atom is 0.240 e. The maximum atomic E-state index is 12.1. The van der Waals surface area contributed by atoms with Crippen LogP contribution >= 0.6 is 0 Å². The van der Waals surface area contributed by atoms with Crippen molar-refractivity contribution in [1.82, 2.24) is 4.72 Å². The second-order valence-corrected chi connectivity index (χ2v) is 6.32. The van der Waals surface area contributed by atoms with E-state index in [0.29, 0.717) is 5.56 Å². The molecule has 0 radical (unpaired) electrons. The molecule has 0 aliphatic heterocycles. The Balaban J connectivity index is 2.10. The Labute approximate surface area is 119 Å². The summed E-state index contributed by atoms with van der Waals surface area (Å²) in [7, 11) is -3.53. The summed E-state index contributed by atoms with van der Waals surface area (Å²) in [6.07, 6.45) is -0.607. The highest BCUT2D eigenvalue weighted by molar-refractivity contribution is 7.89. The first kappa shape index (κ1) is 14.7. The Bertz CT molecular complexity index is 649. The monoisotopic (exact) mass is 291 g/mol. The van der Waals surface area contributed by atoms with Crippen molar-refractivity contribution in [1.29, 1.82) is 0 Å². The SMILES string of the molecule is C[C@@H](O)c1ccc(S(=O)(=O)NCc2ccccc2)cc1. The zero-order valence-corrected chi connectivity index (χ0v) is 12.0. The summed E-state index contributed by atoms with van der Waals surface area (Å²) in [5.41, 5.74) is 1.59. The van der Waals surface area contributed by atoms with E-state index in [9.17, 15) is 13.5 Å². The Morgan fingerprint density at radius 3 is 2.20 bits per heavy atom. The van der Waals surface area contributed by atoms with Gasteiger partial charge in [0.05, 0.1) is 11.0 Å². The molecule has 0 aromatic heterocycles. The van der Waals surface area contributed by atoms with Crippen LogP contribution in [0.2, 0.25) is 0 Å². The van der Waals surface area contributed by atoms with Gasteiger partial charge >= 0.3 is 0 Å². The number of rotatable bonds is 5. The van der Waals surface area contributed by atoms with Crippen molar-refractivity contribution < 1.29 is 13.5 Å². The summed E-state index contributed by atoms with van der Waals surface area (Å²) >= 11 is 0. The molecule has 5 heteroatoms. The first-order valence-electron chi connectivity index (χ1n) is 6.30. The smallest absolute Gasteiger partial charge is 0.240 e. The summed E-state index contributed by atoms with van der Waals surface area (Å²) in [6.45, 7) is 1.89. The predicted octanol–water partition coefficient (Wildman–Crippen LogP) is 2.22. The molecule has 0 bridgehead atoms. The molecule has 1 atom stereocenters. The van der Waals surface area contributed by atoms with Crippen LogP contribution in [0.15, 0.2) is 59.5 Å². The van der Waals surface area contributed by atoms with Crippen molar-refractivity contribution in [2.45, 2.75) is 24.5 Å². The molecule has 2 aromatic carbocycles. The van der Waals surface area contributed by atoms with Gasteiger partial charge in [-0.15, -0.1) is 0 Å². The number of aliphatic hydroxyl groups is 1. The lowest BCUT2D eigenvalue weighted by Gasteiger charge is -2.09. The number of aliphatic hydroxyl groups excluding tert-OH is 1. The van der Waals surface area contributed by atoms with E-state index in [4.69, 9.17) is 0 Å². The molecule has 0 heterocycles. The highest BCUT2D eigenvalue weighted by atomic mass is 32.2. The number of benzene rings is 2. The van der Waals surface area contributed by atoms with E-state index in [1.165, 1.54) is 12.1 Å². The van der Waals surface area contributed by atoms with Crippen LogP contribution in [-0.4, -0.2) is 13.5 Å². The molecule has 0 saturated carbocycles. The van der Waals surface area contributed by atoms with Gasteiger partial charge in [0.2, 0.25) is 10.0 Å². The Kier molecular flexibility index (Phi) is 4.54. The summed E-state index contributed by atoms with van der Waals surface area (Å²) in [5.74, 6) is 0. The lowest BCUT2D eigenvalue weighted by atomic mass is 10.1. The standard InChI is InChI=1S/C15H17NO3S/c1-12(17)14-7-9-15(10-8-14)20(18,19)16-11-13-5-3-2-4-6-13/h2-10,12,16-17H,11H2,1H3/t12-/m1/s1. The van der Waals surface area contributed by atoms with Crippen molar-refractivity contribution in [3.8, 4) is 0 Å². The molecular weight excluding hydrogens is 274 g/mol. The molecule has 4 nitrogen and oxygen atoms in total. The molecule has 2 aromatic rings. The largest absolute Gasteiger partial charge is 0.389 e. The normalized spacial score (nSPS) is 13.1. The highest BCUT2D eigenvalue weighted by Crippen LogP contribution is 2.16. The van der Waals surface area contributed by atoms with Gasteiger partial charge in [0.25, 0.3) is 0 Å². The third-order valence-electron chi connectivity index (χ3n) is 2.98. The van der Waals surface area contributed by atoms with Crippen LogP contribution in [0.1, 0.15) is 24.2 Å². The van der Waals surface area contributed by atoms with Gasteiger partial charge < -0.3 is 5.11 Å². The first-order chi connectivity index (χ1) is 9.49. The average Bonchev–Trinajstić information content (AvgIpc) is 2.46. The van der Waals surface area contributed by atoms with Gasteiger partial charge in [-0.2, -0.15) is 0 Å². The van der Waals surface area contributed by atoms with Crippen LogP contribution in [0.3, 0.4) is 0 Å². The van der Waals surface area contributed by atoms with Crippen LogP contribution < -0.4 is 4.72 Å². The molecule has 0 aliphatic rings. The van der Waals surface area contributed by atoms with Gasteiger partial charge in [-0.05, 0) is 30.2 Å². The Morgan fingerprint density at radius 1 is 1.05 bits per heavy atom. The highest BCUT2D eigenvalue weighted by Gasteiger charge is 2.13. The van der Waals surface area contributed by atoms with Crippen molar-refractivity contribution in [3.05, 3.63) is 65.7 Å². The van der Waals surface area contributed by atoms with Gasteiger partial charge in [-0.3, -0.25) is 0 Å². The Hall–Kier alpha value is -1.69. The summed E-state index contributed by atoms with van der Waals surface area (Å²) < 4.78 is 26.8. The third-order valence-corrected chi connectivity index (χ3v) is 4.40. The molecule has 0 unspecified atom stereocenters. The number of sulfonamides is 1. The fourth-order valence-corrected chi connectivity index (χ4v) is 2.80. The second-order valence-electron chi connectivity index (χ2n) is 4.56. The zero-order valence-electron chi connectivity index (χ0n) is 11.2. The van der Waals surface area contributed by atoms with E-state index in [1.54, 1.807) is 19.1 Å². The summed E-state index contributed by atoms with van der Waals surface area (Å²) in [5, 5.41) is 9.40. The molecule has 0 spiro atoms. The molecule has 0 saturated heterocycles. The molecule has 0 amide bonds. The van der Waals surface area contributed by atoms with Crippen LogP contribution in [0.4, 0.5) is 0 Å². The van der Waals surface area contributed by atoms with E-state index >= 15 is 0 Å². The summed E-state index contributed by atoms with van der Waals surface area (Å²) in [6, 6.07) is 15.5. The lowest BCUT2D eigenvalue weighted by molar-refractivity contribution is 0.199. The van der Waals surface area contributed by atoms with Crippen molar-refractivity contribution in [2.24, 2.45) is 0 Å². The van der Waals surface area contributed by atoms with E-state index in [1.807, 2.05) is 30.3 Å². The molecule has 2 rings (SSSR count). The molecule has 2 N–H and O–H groups in total. The van der Waals surface area contributed by atoms with Crippen molar-refractivity contribution in [2.75, 3.05) is 0 Å². The Morgan fingerprint density at radius 2 is 1.65 bits per heavy atom. The molecule has 20 heavy (non-hydrogen) atoms. The van der Waals surface area contributed by atoms with Gasteiger partial charge in [0, 0.05) is 6.54 Å². The lowest BCUT2D eigenvalue weighted by Crippen LogP contribution is -2.23. The fraction of sp³-hybridized carbons (Fsp3) is 0.200. The minimum absolute atomic E-state index is 0.192. The minimum atomic E-state index is -3.53. The first-order valence-corrected chi connectivity index (χ1v) is 7.79. The summed E-state index contributed by atoms with van der Waals surface area (Å²) in [4.78, 5) is 0.192. The van der Waals surface area contributed by atoms with Gasteiger partial charge in [0.1, 0.15) is 0 Å².